The summed E-state index contributed by atoms with van der Waals surface area (Å²) >= 11 is 0. The third-order valence-electron chi connectivity index (χ3n) is 7.69. The number of carbonyl (C=O) groups is 3. The number of ether oxygens (including phenoxy) is 1. The SMILES string of the molecule is CS(=O)(=O)c1cc(NC(=O)N(Cc2ccc(C(=O)NCC(F)(F)C(=O)O)cc2)c2ccc(C3CCCCC3)cc2)ccc1OC(F)(F)F. The molecule has 0 atom stereocenters. The number of anilines is 2. The summed E-state index contributed by atoms with van der Waals surface area (Å²) in [4.78, 5) is 37.1. The lowest BCUT2D eigenvalue weighted by atomic mass is 9.84. The number of hydrogen-bond acceptors (Lipinski definition) is 6. The molecule has 1 fully saturated rings. The number of sulfone groups is 1. The number of urea groups is 1. The molecule has 0 heterocycles. The number of hydrogen-bond donors (Lipinski definition) is 3. The Bertz CT molecular complexity index is 1740. The second-order valence-electron chi connectivity index (χ2n) is 11.3. The first-order valence-corrected chi connectivity index (χ1v) is 16.6. The fourth-order valence-electron chi connectivity index (χ4n) is 5.23. The van der Waals surface area contributed by atoms with E-state index in [1.54, 1.807) is 12.1 Å². The third-order valence-corrected chi connectivity index (χ3v) is 8.81. The predicted molar refractivity (Wildman–Crippen MR) is 165 cm³/mol. The van der Waals surface area contributed by atoms with Gasteiger partial charge in [-0.15, -0.1) is 13.2 Å². The number of rotatable bonds is 11. The van der Waals surface area contributed by atoms with Crippen molar-refractivity contribution < 1.29 is 54.6 Å². The number of aliphatic carboxylic acids is 1. The molecule has 0 spiro atoms. The first-order chi connectivity index (χ1) is 22.4. The minimum atomic E-state index is -5.16. The van der Waals surface area contributed by atoms with Crippen molar-refractivity contribution in [2.24, 2.45) is 0 Å². The zero-order chi connectivity index (χ0) is 35.3. The molecule has 0 radical (unpaired) electrons. The summed E-state index contributed by atoms with van der Waals surface area (Å²) in [5.41, 5.74) is 1.80. The van der Waals surface area contributed by atoms with Crippen molar-refractivity contribution in [3.05, 3.63) is 83.4 Å². The summed E-state index contributed by atoms with van der Waals surface area (Å²) < 4.78 is 93.8. The lowest BCUT2D eigenvalue weighted by Crippen LogP contribution is -2.42. The van der Waals surface area contributed by atoms with Crippen LogP contribution in [0.3, 0.4) is 0 Å². The predicted octanol–water partition coefficient (Wildman–Crippen LogP) is 6.72. The van der Waals surface area contributed by atoms with Crippen LogP contribution in [0.25, 0.3) is 0 Å². The number of carboxylic acids is 1. The van der Waals surface area contributed by atoms with Crippen LogP contribution in [0.4, 0.5) is 38.1 Å². The van der Waals surface area contributed by atoms with Crippen molar-refractivity contribution in [1.29, 1.82) is 0 Å². The number of carboxylic acid groups (broad SMARTS) is 1. The highest BCUT2D eigenvalue weighted by Gasteiger charge is 2.39. The molecule has 0 bridgehead atoms. The Morgan fingerprint density at radius 2 is 1.54 bits per heavy atom. The van der Waals surface area contributed by atoms with Crippen LogP contribution in [-0.4, -0.2) is 56.5 Å². The standard InChI is InChI=1S/C32H32F5N3O7S/c1-48(45,46)27-17-24(13-16-26(27)47-32(35,36)37)39-30(44)40(25-14-11-22(12-15-25)21-5-3-2-4-6-21)18-20-7-9-23(10-8-20)28(41)38-19-31(33,34)29(42)43/h7-17,21H,2-6,18-19H2,1H3,(H,38,41)(H,39,44)(H,42,43). The number of carbonyl (C=O) groups excluding carboxylic acids is 2. The Balaban J connectivity index is 1.59. The first-order valence-electron chi connectivity index (χ1n) is 14.7. The zero-order valence-electron chi connectivity index (χ0n) is 25.5. The van der Waals surface area contributed by atoms with Gasteiger partial charge in [-0.1, -0.05) is 43.5 Å². The molecule has 48 heavy (non-hydrogen) atoms. The van der Waals surface area contributed by atoms with E-state index in [2.05, 4.69) is 10.1 Å². The smallest absolute Gasteiger partial charge is 0.477 e. The number of alkyl halides is 5. The van der Waals surface area contributed by atoms with Gasteiger partial charge in [0.2, 0.25) is 0 Å². The van der Waals surface area contributed by atoms with Crippen LogP contribution >= 0.6 is 0 Å². The van der Waals surface area contributed by atoms with Crippen LogP contribution in [0.2, 0.25) is 0 Å². The van der Waals surface area contributed by atoms with Crippen molar-refractivity contribution >= 4 is 39.1 Å². The largest absolute Gasteiger partial charge is 0.573 e. The maximum atomic E-state index is 13.7. The van der Waals surface area contributed by atoms with E-state index < -0.39 is 57.2 Å². The molecule has 0 aromatic heterocycles. The number of nitrogens with one attached hydrogen (secondary N) is 2. The molecule has 3 amide bonds. The summed E-state index contributed by atoms with van der Waals surface area (Å²) in [7, 11) is -4.22. The van der Waals surface area contributed by atoms with Gasteiger partial charge in [-0.3, -0.25) is 9.69 Å². The van der Waals surface area contributed by atoms with Crippen LogP contribution in [0.15, 0.2) is 71.6 Å². The lowest BCUT2D eigenvalue weighted by molar-refractivity contribution is -0.275. The van der Waals surface area contributed by atoms with Crippen LogP contribution in [0, 0.1) is 0 Å². The Hall–Kier alpha value is -4.73. The molecule has 0 aliphatic heterocycles. The van der Waals surface area contributed by atoms with Gasteiger partial charge in [0, 0.05) is 23.2 Å². The van der Waals surface area contributed by atoms with E-state index in [0.29, 0.717) is 23.4 Å². The Morgan fingerprint density at radius 1 is 0.917 bits per heavy atom. The average Bonchev–Trinajstić information content (AvgIpc) is 3.02. The van der Waals surface area contributed by atoms with E-state index >= 15 is 0 Å². The molecule has 1 saturated carbocycles. The van der Waals surface area contributed by atoms with Crippen LogP contribution in [-0.2, 0) is 21.2 Å². The van der Waals surface area contributed by atoms with Crippen molar-refractivity contribution in [2.75, 3.05) is 23.0 Å². The normalized spacial score (nSPS) is 14.2. The van der Waals surface area contributed by atoms with E-state index in [0.717, 1.165) is 49.4 Å². The quantitative estimate of drug-likeness (QED) is 0.189. The monoisotopic (exact) mass is 697 g/mol. The molecule has 1 aliphatic carbocycles. The van der Waals surface area contributed by atoms with E-state index in [1.807, 2.05) is 17.4 Å². The summed E-state index contributed by atoms with van der Waals surface area (Å²) in [5.74, 6) is -8.09. The molecule has 3 aromatic rings. The molecule has 4 rings (SSSR count). The summed E-state index contributed by atoms with van der Waals surface area (Å²) in [6.07, 6.45) is 0.992. The lowest BCUT2D eigenvalue weighted by Gasteiger charge is -2.26. The van der Waals surface area contributed by atoms with Crippen LogP contribution in [0.5, 0.6) is 5.75 Å². The highest BCUT2D eigenvalue weighted by molar-refractivity contribution is 7.90. The van der Waals surface area contributed by atoms with E-state index in [1.165, 1.54) is 35.6 Å². The van der Waals surface area contributed by atoms with Gasteiger partial charge in [-0.25, -0.2) is 18.0 Å². The van der Waals surface area contributed by atoms with Gasteiger partial charge in [-0.05, 0) is 72.4 Å². The highest BCUT2D eigenvalue weighted by Crippen LogP contribution is 2.35. The molecule has 10 nitrogen and oxygen atoms in total. The average molecular weight is 698 g/mol. The molecular formula is C32H32F5N3O7S. The van der Waals surface area contributed by atoms with Gasteiger partial charge in [0.1, 0.15) is 10.6 Å². The van der Waals surface area contributed by atoms with E-state index in [4.69, 9.17) is 5.11 Å². The second-order valence-corrected chi connectivity index (χ2v) is 13.3. The Labute approximate surface area is 272 Å². The van der Waals surface area contributed by atoms with Crippen molar-refractivity contribution in [3.63, 3.8) is 0 Å². The molecular weight excluding hydrogens is 665 g/mol. The number of halogens is 5. The van der Waals surface area contributed by atoms with Crippen molar-refractivity contribution in [2.45, 2.75) is 61.7 Å². The fourth-order valence-corrected chi connectivity index (χ4v) is 6.05. The van der Waals surface area contributed by atoms with Gasteiger partial charge >= 0.3 is 24.3 Å². The van der Waals surface area contributed by atoms with Crippen LogP contribution < -0.4 is 20.3 Å². The molecule has 0 saturated heterocycles. The third kappa shape index (κ3) is 9.65. The fraction of sp³-hybridized carbons (Fsp3) is 0.344. The van der Waals surface area contributed by atoms with Gasteiger partial charge in [0.15, 0.2) is 9.84 Å². The van der Waals surface area contributed by atoms with Gasteiger partial charge in [-0.2, -0.15) is 8.78 Å². The minimum Gasteiger partial charge on any atom is -0.477 e. The number of amides is 3. The molecule has 1 aliphatic rings. The zero-order valence-corrected chi connectivity index (χ0v) is 26.3. The van der Waals surface area contributed by atoms with E-state index in [-0.39, 0.29) is 17.8 Å². The summed E-state index contributed by atoms with van der Waals surface area (Å²) in [5, 5.41) is 12.9. The Kier molecular flexibility index (Phi) is 11.0. The van der Waals surface area contributed by atoms with Gasteiger partial charge in [0.25, 0.3) is 5.91 Å². The maximum Gasteiger partial charge on any atom is 0.573 e. The summed E-state index contributed by atoms with van der Waals surface area (Å²) in [6, 6.07) is 14.7. The maximum absolute atomic E-state index is 13.7. The topological polar surface area (TPSA) is 142 Å². The molecule has 258 valence electrons. The van der Waals surface area contributed by atoms with Crippen molar-refractivity contribution in [1.82, 2.24) is 5.32 Å². The number of nitrogens with zero attached hydrogens (tertiary/aromatic N) is 1. The van der Waals surface area contributed by atoms with Crippen molar-refractivity contribution in [3.8, 4) is 5.75 Å². The minimum absolute atomic E-state index is 0.0535. The molecule has 16 heteroatoms. The molecule has 3 aromatic carbocycles. The molecule has 0 unspecified atom stereocenters. The second kappa shape index (κ2) is 14.6. The summed E-state index contributed by atoms with van der Waals surface area (Å²) in [6.45, 7) is -1.53. The van der Waals surface area contributed by atoms with Gasteiger partial charge < -0.3 is 20.5 Å². The first kappa shape index (κ1) is 36.1. The molecule has 3 N–H and O–H groups in total. The van der Waals surface area contributed by atoms with E-state index in [9.17, 15) is 44.8 Å². The highest BCUT2D eigenvalue weighted by atomic mass is 32.2. The number of benzene rings is 3. The van der Waals surface area contributed by atoms with Crippen LogP contribution in [0.1, 0.15) is 59.5 Å². The van der Waals surface area contributed by atoms with Gasteiger partial charge in [0.05, 0.1) is 13.1 Å². The Morgan fingerprint density at radius 3 is 2.10 bits per heavy atom.